The van der Waals surface area contributed by atoms with Crippen LogP contribution in [0.25, 0.3) is 0 Å². The number of aliphatic hydroxyl groups excluding tert-OH is 2. The summed E-state index contributed by atoms with van der Waals surface area (Å²) in [5.74, 6) is -5.27. The Labute approximate surface area is 288 Å². The maximum Gasteiger partial charge on any atom is 0.323 e. The van der Waals surface area contributed by atoms with Gasteiger partial charge in [-0.1, -0.05) is 18.6 Å². The molecular weight excluding hydrogens is 670 g/mol. The Morgan fingerprint density at radius 2 is 1.14 bits per heavy atom. The van der Waals surface area contributed by atoms with E-state index >= 15 is 0 Å². The summed E-state index contributed by atoms with van der Waals surface area (Å²) in [5, 5.41) is 76.0. The highest BCUT2D eigenvalue weighted by atomic mass is 16.4. The molecule has 0 radical (unpaired) electrons. The van der Waals surface area contributed by atoms with Crippen molar-refractivity contribution in [3.8, 4) is 5.75 Å². The van der Waals surface area contributed by atoms with Crippen LogP contribution in [0, 0.1) is 5.41 Å². The van der Waals surface area contributed by atoms with Gasteiger partial charge in [-0.05, 0) is 63.3 Å². The van der Waals surface area contributed by atoms with E-state index in [2.05, 4.69) is 5.32 Å². The first-order valence-corrected chi connectivity index (χ1v) is 14.8. The molecule has 0 saturated heterocycles. The molecule has 0 bridgehead atoms. The number of carbonyl (C=O) groups is 5. The predicted octanol–water partition coefficient (Wildman–Crippen LogP) is -4.29. The molecule has 22 heteroatoms. The second kappa shape index (κ2) is 31.6. The first-order valence-electron chi connectivity index (χ1n) is 14.8. The Kier molecular flexibility index (Phi) is 32.9. The number of benzene rings is 1. The van der Waals surface area contributed by atoms with Gasteiger partial charge in [-0.25, -0.2) is 0 Å². The second-order valence-electron chi connectivity index (χ2n) is 10.2. The minimum absolute atomic E-state index is 0.112. The summed E-state index contributed by atoms with van der Waals surface area (Å²) in [7, 11) is 0. The molecule has 0 saturated carbocycles. The highest BCUT2D eigenvalue weighted by Crippen LogP contribution is 2.10. The SMILES string of the molecule is CC(O)C(N)C(=O)O.N=C(N)NCCCC(N)C(=O)O.NC(CO)C(=O)O.NC(Cc1ccc(O)cc1)C(=O)O.NCCCCC(N)C(=O)O. The molecule has 1 aromatic rings. The van der Waals surface area contributed by atoms with Crippen LogP contribution in [0.4, 0.5) is 0 Å². The first-order chi connectivity index (χ1) is 23.0. The van der Waals surface area contributed by atoms with Gasteiger partial charge in [-0.15, -0.1) is 0 Å². The van der Waals surface area contributed by atoms with Crippen molar-refractivity contribution in [1.82, 2.24) is 5.32 Å². The minimum Gasteiger partial charge on any atom is -0.508 e. The smallest absolute Gasteiger partial charge is 0.323 e. The minimum atomic E-state index is -1.18. The Bertz CT molecular complexity index is 1110. The number of aliphatic carboxylic acids is 5. The van der Waals surface area contributed by atoms with E-state index in [4.69, 9.17) is 86.4 Å². The highest BCUT2D eigenvalue weighted by molar-refractivity contribution is 5.75. The molecule has 0 fully saturated rings. The average molecular weight is 726 g/mol. The average Bonchev–Trinajstić information content (AvgIpc) is 3.04. The standard InChI is InChI=1S/C9H11NO3.C6H14N4O2.C6H14N2O2.C4H9NO3.C3H7NO3/c10-8(9(12)13)5-6-1-3-7(11)4-2-6;7-4(5(11)12)2-1-3-10-6(8)9;7-4-2-1-3-5(8)6(9)10;1-2(6)3(5)4(7)8;4-2(1-5)3(6)7/h1-4,8,11H,5,10H2,(H,12,13);4H,1-3,7H2,(H,11,12)(H4,8,9,10);5H,1-4,7-8H2,(H,9,10);2-3,6H,5H2,1H3,(H,7,8);2,5H,1,4H2,(H,6,7). The van der Waals surface area contributed by atoms with E-state index < -0.39 is 72.8 Å². The van der Waals surface area contributed by atoms with Gasteiger partial charge in [-0.3, -0.25) is 29.4 Å². The highest BCUT2D eigenvalue weighted by Gasteiger charge is 2.16. The summed E-state index contributed by atoms with van der Waals surface area (Å²) in [6, 6.07) is 1.61. The number of aliphatic hydroxyl groups is 2. The number of nitrogens with one attached hydrogen (secondary N) is 2. The van der Waals surface area contributed by atoms with Crippen LogP contribution in [0.3, 0.4) is 0 Å². The molecule has 0 amide bonds. The van der Waals surface area contributed by atoms with Crippen molar-refractivity contribution in [2.75, 3.05) is 19.7 Å². The fraction of sp³-hybridized carbons (Fsp3) is 0.571. The summed E-state index contributed by atoms with van der Waals surface area (Å²) in [4.78, 5) is 50.2. The van der Waals surface area contributed by atoms with Crippen LogP contribution < -0.4 is 45.5 Å². The largest absolute Gasteiger partial charge is 0.508 e. The molecule has 0 aliphatic carbocycles. The zero-order valence-electron chi connectivity index (χ0n) is 27.8. The van der Waals surface area contributed by atoms with E-state index in [9.17, 15) is 24.0 Å². The van der Waals surface area contributed by atoms with Crippen LogP contribution in [0.2, 0.25) is 0 Å². The lowest BCUT2D eigenvalue weighted by Gasteiger charge is -2.06. The lowest BCUT2D eigenvalue weighted by molar-refractivity contribution is -0.141. The Morgan fingerprint density at radius 1 is 0.720 bits per heavy atom. The first kappa shape index (κ1) is 52.1. The number of aromatic hydroxyl groups is 1. The quantitative estimate of drug-likeness (QED) is 0.0410. The van der Waals surface area contributed by atoms with Crippen LogP contribution in [0.15, 0.2) is 24.3 Å². The van der Waals surface area contributed by atoms with E-state index in [1.54, 1.807) is 12.1 Å². The number of phenols is 1. The van der Waals surface area contributed by atoms with Gasteiger partial charge in [-0.2, -0.15) is 0 Å². The number of hydrogen-bond acceptors (Lipinski definition) is 15. The molecule has 1 aromatic carbocycles. The molecule has 0 spiro atoms. The molecule has 0 heterocycles. The van der Waals surface area contributed by atoms with E-state index in [1.165, 1.54) is 19.1 Å². The van der Waals surface area contributed by atoms with Crippen molar-refractivity contribution in [2.24, 2.45) is 40.1 Å². The van der Waals surface area contributed by atoms with Gasteiger partial charge in [0.15, 0.2) is 5.96 Å². The Balaban J connectivity index is -0.000000270. The molecule has 50 heavy (non-hydrogen) atoms. The third-order valence-corrected chi connectivity index (χ3v) is 5.64. The zero-order valence-corrected chi connectivity index (χ0v) is 27.8. The summed E-state index contributed by atoms with van der Waals surface area (Å²) < 4.78 is 0. The summed E-state index contributed by atoms with van der Waals surface area (Å²) in [6.07, 6.45) is 2.43. The van der Waals surface area contributed by atoms with Crippen molar-refractivity contribution < 1.29 is 64.8 Å². The molecule has 0 aliphatic rings. The molecule has 24 N–H and O–H groups in total. The fourth-order valence-corrected chi connectivity index (χ4v) is 2.56. The van der Waals surface area contributed by atoms with Crippen LogP contribution in [0.1, 0.15) is 44.6 Å². The van der Waals surface area contributed by atoms with E-state index in [0.717, 1.165) is 18.4 Å². The second-order valence-corrected chi connectivity index (χ2v) is 10.2. The van der Waals surface area contributed by atoms with Crippen LogP contribution in [-0.4, -0.2) is 133 Å². The van der Waals surface area contributed by atoms with Gasteiger partial charge in [0.2, 0.25) is 0 Å². The van der Waals surface area contributed by atoms with Gasteiger partial charge in [0.1, 0.15) is 36.0 Å². The molecule has 22 nitrogen and oxygen atoms in total. The number of phenolic OH excluding ortho intramolecular Hbond substituents is 1. The number of guanidine groups is 1. The van der Waals surface area contributed by atoms with Crippen molar-refractivity contribution >= 4 is 35.8 Å². The third-order valence-electron chi connectivity index (χ3n) is 5.64. The lowest BCUT2D eigenvalue weighted by atomic mass is 10.1. The van der Waals surface area contributed by atoms with Crippen molar-refractivity contribution in [3.63, 3.8) is 0 Å². The monoisotopic (exact) mass is 725 g/mol. The lowest BCUT2D eigenvalue weighted by Crippen LogP contribution is -2.39. The fourth-order valence-electron chi connectivity index (χ4n) is 2.56. The van der Waals surface area contributed by atoms with Crippen molar-refractivity contribution in [2.45, 2.75) is 81.8 Å². The van der Waals surface area contributed by atoms with Gasteiger partial charge in [0.05, 0.1) is 12.7 Å². The molecular formula is C28H55N9O13. The summed E-state index contributed by atoms with van der Waals surface area (Å²) in [5.41, 5.74) is 36.4. The Hall–Kier alpha value is -4.68. The maximum atomic E-state index is 10.4. The number of rotatable bonds is 17. The molecule has 0 aliphatic heterocycles. The molecule has 6 atom stereocenters. The van der Waals surface area contributed by atoms with Gasteiger partial charge < -0.3 is 86.3 Å². The number of hydrogen-bond donors (Lipinski definition) is 17. The molecule has 1 rings (SSSR count). The van der Waals surface area contributed by atoms with Crippen molar-refractivity contribution in [1.29, 1.82) is 5.41 Å². The predicted molar refractivity (Wildman–Crippen MR) is 181 cm³/mol. The van der Waals surface area contributed by atoms with E-state index in [-0.39, 0.29) is 18.1 Å². The van der Waals surface area contributed by atoms with E-state index in [0.29, 0.717) is 32.4 Å². The van der Waals surface area contributed by atoms with E-state index in [1.807, 2.05) is 0 Å². The van der Waals surface area contributed by atoms with Crippen molar-refractivity contribution in [3.05, 3.63) is 29.8 Å². The molecule has 290 valence electrons. The van der Waals surface area contributed by atoms with Crippen LogP contribution in [-0.2, 0) is 30.4 Å². The maximum absolute atomic E-state index is 10.4. The summed E-state index contributed by atoms with van der Waals surface area (Å²) in [6.45, 7) is 1.91. The van der Waals surface area contributed by atoms with Gasteiger partial charge in [0.25, 0.3) is 0 Å². The summed E-state index contributed by atoms with van der Waals surface area (Å²) >= 11 is 0. The Morgan fingerprint density at radius 3 is 1.42 bits per heavy atom. The normalized spacial score (nSPS) is 13.4. The zero-order chi connectivity index (χ0) is 40.0. The number of carboxylic acid groups (broad SMARTS) is 5. The number of unbranched alkanes of at least 4 members (excludes halogenated alkanes) is 1. The molecule has 0 aromatic heterocycles. The number of nitrogens with two attached hydrogens (primary N) is 7. The molecule has 6 unspecified atom stereocenters. The van der Waals surface area contributed by atoms with Crippen LogP contribution >= 0.6 is 0 Å². The third kappa shape index (κ3) is 34.6. The van der Waals surface area contributed by atoms with Crippen LogP contribution in [0.5, 0.6) is 5.75 Å². The van der Waals surface area contributed by atoms with Gasteiger partial charge >= 0.3 is 29.8 Å². The van der Waals surface area contributed by atoms with Gasteiger partial charge in [0, 0.05) is 6.54 Å². The topological polar surface area (TPSA) is 465 Å². The number of carboxylic acids is 5.